The lowest BCUT2D eigenvalue weighted by Gasteiger charge is -2.09. The van der Waals surface area contributed by atoms with Crippen molar-refractivity contribution in [3.63, 3.8) is 0 Å². The molecule has 0 bridgehead atoms. The number of halogens is 1. The molecule has 0 fully saturated rings. The Morgan fingerprint density at radius 2 is 1.94 bits per heavy atom. The zero-order valence-electron chi connectivity index (χ0n) is 10.1. The Morgan fingerprint density at radius 3 is 2.44 bits per heavy atom. The highest BCUT2D eigenvalue weighted by Gasteiger charge is 2.10. The Morgan fingerprint density at radius 1 is 1.31 bits per heavy atom. The van der Waals surface area contributed by atoms with Crippen LogP contribution in [0.2, 0.25) is 0 Å². The lowest BCUT2D eigenvalue weighted by Crippen LogP contribution is -2.14. The van der Waals surface area contributed by atoms with Gasteiger partial charge in [0.2, 0.25) is 0 Å². The van der Waals surface area contributed by atoms with Crippen LogP contribution < -0.4 is 0 Å². The van der Waals surface area contributed by atoms with Crippen LogP contribution in [0.25, 0.3) is 0 Å². The molecule has 0 saturated heterocycles. The first-order chi connectivity index (χ1) is 7.31. The summed E-state index contributed by atoms with van der Waals surface area (Å²) in [6.45, 7) is 7.02. The van der Waals surface area contributed by atoms with E-state index in [0.717, 1.165) is 0 Å². The van der Waals surface area contributed by atoms with Crippen molar-refractivity contribution in [1.82, 2.24) is 0 Å². The van der Waals surface area contributed by atoms with E-state index in [1.165, 1.54) is 0 Å². The second kappa shape index (κ2) is 4.67. The average molecular weight is 220 g/mol. The van der Waals surface area contributed by atoms with Gasteiger partial charge in [-0.15, -0.1) is 0 Å². The largest absolute Gasteiger partial charge is 0.378 e. The molecule has 1 aromatic carbocycles. The molecule has 0 aliphatic rings. The van der Waals surface area contributed by atoms with Gasteiger partial charge in [-0.1, -0.05) is 37.8 Å². The molecule has 0 radical (unpaired) electrons. The molecule has 0 saturated carbocycles. The minimum atomic E-state index is -1.10. The summed E-state index contributed by atoms with van der Waals surface area (Å²) in [5.41, 5.74) is -0.101. The zero-order valence-corrected chi connectivity index (χ0v) is 10.1. The van der Waals surface area contributed by atoms with Crippen molar-refractivity contribution < 1.29 is 9.50 Å². The van der Waals surface area contributed by atoms with Crippen LogP contribution in [0.4, 0.5) is 4.39 Å². The molecule has 1 rings (SSSR count). The molecule has 0 atom stereocenters. The lowest BCUT2D eigenvalue weighted by atomic mass is 9.99. The predicted octanol–water partition coefficient (Wildman–Crippen LogP) is 3.07. The Kier molecular flexibility index (Phi) is 3.72. The van der Waals surface area contributed by atoms with Gasteiger partial charge >= 0.3 is 0 Å². The quantitative estimate of drug-likeness (QED) is 0.721. The van der Waals surface area contributed by atoms with Gasteiger partial charge in [0.25, 0.3) is 0 Å². The highest BCUT2D eigenvalue weighted by molar-refractivity contribution is 5.40. The molecule has 0 heterocycles. The number of rotatable bonds is 1. The molecule has 2 heteroatoms. The van der Waals surface area contributed by atoms with Crippen molar-refractivity contribution >= 4 is 0 Å². The van der Waals surface area contributed by atoms with Gasteiger partial charge in [0.05, 0.1) is 5.56 Å². The van der Waals surface area contributed by atoms with E-state index in [4.69, 9.17) is 0 Å². The van der Waals surface area contributed by atoms with E-state index in [1.54, 1.807) is 32.0 Å². The summed E-state index contributed by atoms with van der Waals surface area (Å²) in [4.78, 5) is 0. The fourth-order valence-corrected chi connectivity index (χ4v) is 1.31. The molecule has 0 unspecified atom stereocenters. The van der Waals surface area contributed by atoms with Gasteiger partial charge in [-0.2, -0.15) is 0 Å². The molecule has 0 aliphatic heterocycles. The molecular formula is C14H17FO. The summed E-state index contributed by atoms with van der Waals surface area (Å²) >= 11 is 0. The first-order valence-electron chi connectivity index (χ1n) is 5.35. The van der Waals surface area contributed by atoms with E-state index in [0.29, 0.717) is 11.1 Å². The number of hydrogen-bond donors (Lipinski definition) is 1. The number of hydrogen-bond acceptors (Lipinski definition) is 1. The van der Waals surface area contributed by atoms with E-state index < -0.39 is 5.60 Å². The second-order valence-electron chi connectivity index (χ2n) is 4.67. The molecule has 1 N–H and O–H groups in total. The molecule has 1 aromatic rings. The standard InChI is InChI=1S/C14H17FO/c1-10(2)12-7-5-6-11(13(12)15)8-9-14(3,4)16/h5-7,10,16H,1-4H3. The number of benzene rings is 1. The summed E-state index contributed by atoms with van der Waals surface area (Å²) < 4.78 is 13.9. The third-order valence-corrected chi connectivity index (χ3v) is 2.15. The Hall–Kier alpha value is -1.33. The Labute approximate surface area is 96.3 Å². The SMILES string of the molecule is CC(C)c1cccc(C#CC(C)(C)O)c1F. The van der Waals surface area contributed by atoms with Crippen LogP contribution in [0.1, 0.15) is 44.7 Å². The predicted molar refractivity (Wildman–Crippen MR) is 63.7 cm³/mol. The molecular weight excluding hydrogens is 203 g/mol. The van der Waals surface area contributed by atoms with Crippen LogP contribution in [-0.2, 0) is 0 Å². The van der Waals surface area contributed by atoms with Crippen molar-refractivity contribution in [3.05, 3.63) is 35.1 Å². The summed E-state index contributed by atoms with van der Waals surface area (Å²) in [6, 6.07) is 5.17. The minimum Gasteiger partial charge on any atom is -0.378 e. The molecule has 16 heavy (non-hydrogen) atoms. The first kappa shape index (κ1) is 12.7. The van der Waals surface area contributed by atoms with Gasteiger partial charge in [0, 0.05) is 0 Å². The lowest BCUT2D eigenvalue weighted by molar-refractivity contribution is 0.143. The van der Waals surface area contributed by atoms with Crippen molar-refractivity contribution in [3.8, 4) is 11.8 Å². The first-order valence-corrected chi connectivity index (χ1v) is 5.35. The Balaban J connectivity index is 3.15. The van der Waals surface area contributed by atoms with Crippen LogP contribution in [0, 0.1) is 17.7 Å². The summed E-state index contributed by atoms with van der Waals surface area (Å²) in [6.07, 6.45) is 0. The Bertz CT molecular complexity index is 430. The van der Waals surface area contributed by atoms with Gasteiger partial charge < -0.3 is 5.11 Å². The van der Waals surface area contributed by atoms with Crippen LogP contribution in [0.5, 0.6) is 0 Å². The highest BCUT2D eigenvalue weighted by atomic mass is 19.1. The van der Waals surface area contributed by atoms with Crippen LogP contribution in [0.3, 0.4) is 0 Å². The maximum atomic E-state index is 13.9. The van der Waals surface area contributed by atoms with Gasteiger partial charge in [-0.25, -0.2) is 4.39 Å². The third kappa shape index (κ3) is 3.36. The van der Waals surface area contributed by atoms with E-state index in [2.05, 4.69) is 11.8 Å². The van der Waals surface area contributed by atoms with E-state index >= 15 is 0 Å². The zero-order chi connectivity index (χ0) is 12.3. The van der Waals surface area contributed by atoms with E-state index in [-0.39, 0.29) is 11.7 Å². The smallest absolute Gasteiger partial charge is 0.142 e. The summed E-state index contributed by atoms with van der Waals surface area (Å²) in [5, 5.41) is 9.45. The fourth-order valence-electron chi connectivity index (χ4n) is 1.31. The molecule has 1 nitrogen and oxygen atoms in total. The molecule has 0 aromatic heterocycles. The van der Waals surface area contributed by atoms with Crippen molar-refractivity contribution in [2.45, 2.75) is 39.2 Å². The second-order valence-corrected chi connectivity index (χ2v) is 4.67. The summed E-state index contributed by atoms with van der Waals surface area (Å²) in [5.74, 6) is 5.13. The molecule has 0 spiro atoms. The van der Waals surface area contributed by atoms with Crippen molar-refractivity contribution in [2.24, 2.45) is 0 Å². The van der Waals surface area contributed by atoms with Crippen molar-refractivity contribution in [2.75, 3.05) is 0 Å². The topological polar surface area (TPSA) is 20.2 Å². The summed E-state index contributed by atoms with van der Waals surface area (Å²) in [7, 11) is 0. The van der Waals surface area contributed by atoms with Gasteiger partial charge in [0.1, 0.15) is 11.4 Å². The normalized spacial score (nSPS) is 11.2. The fraction of sp³-hybridized carbons (Fsp3) is 0.429. The van der Waals surface area contributed by atoms with Crippen LogP contribution in [-0.4, -0.2) is 10.7 Å². The van der Waals surface area contributed by atoms with E-state index in [9.17, 15) is 9.50 Å². The monoisotopic (exact) mass is 220 g/mol. The van der Waals surface area contributed by atoms with E-state index in [1.807, 2.05) is 13.8 Å². The van der Waals surface area contributed by atoms with Crippen molar-refractivity contribution in [1.29, 1.82) is 0 Å². The van der Waals surface area contributed by atoms with Crippen LogP contribution >= 0.6 is 0 Å². The highest BCUT2D eigenvalue weighted by Crippen LogP contribution is 2.20. The minimum absolute atomic E-state index is 0.129. The van der Waals surface area contributed by atoms with Crippen LogP contribution in [0.15, 0.2) is 18.2 Å². The average Bonchev–Trinajstić information content (AvgIpc) is 2.14. The maximum Gasteiger partial charge on any atom is 0.142 e. The third-order valence-electron chi connectivity index (χ3n) is 2.15. The molecule has 86 valence electrons. The molecule has 0 aliphatic carbocycles. The maximum absolute atomic E-state index is 13.9. The van der Waals surface area contributed by atoms with Gasteiger partial charge in [-0.05, 0) is 31.4 Å². The van der Waals surface area contributed by atoms with Gasteiger partial charge in [-0.3, -0.25) is 0 Å². The number of aliphatic hydroxyl groups is 1. The van der Waals surface area contributed by atoms with Gasteiger partial charge in [0.15, 0.2) is 0 Å². The molecule has 0 amide bonds.